The van der Waals surface area contributed by atoms with Crippen molar-refractivity contribution in [2.75, 3.05) is 19.1 Å². The van der Waals surface area contributed by atoms with Crippen LogP contribution >= 0.6 is 0 Å². The van der Waals surface area contributed by atoms with Crippen LogP contribution in [0.15, 0.2) is 33.9 Å². The van der Waals surface area contributed by atoms with Gasteiger partial charge in [-0.05, 0) is 30.2 Å². The number of hydrogen-bond donors (Lipinski definition) is 2. The first-order valence-electron chi connectivity index (χ1n) is 8.81. The van der Waals surface area contributed by atoms with E-state index in [0.29, 0.717) is 23.5 Å². The Balaban J connectivity index is 1.66. The summed E-state index contributed by atoms with van der Waals surface area (Å²) in [4.78, 5) is 50.0. The van der Waals surface area contributed by atoms with Gasteiger partial charge >= 0.3 is 11.7 Å². The van der Waals surface area contributed by atoms with Crippen LogP contribution in [0.3, 0.4) is 0 Å². The highest BCUT2D eigenvalue weighted by atomic mass is 16.7. The number of hydrogen-bond acceptors (Lipinski definition) is 8. The predicted molar refractivity (Wildman–Crippen MR) is 103 cm³/mol. The van der Waals surface area contributed by atoms with Crippen molar-refractivity contribution in [3.63, 3.8) is 0 Å². The molecule has 1 aliphatic heterocycles. The maximum atomic E-state index is 12.3. The number of carbonyl (C=O) groups excluding carboxylic acids is 2. The molecule has 10 heteroatoms. The van der Waals surface area contributed by atoms with Gasteiger partial charge in [0.2, 0.25) is 12.6 Å². The van der Waals surface area contributed by atoms with Gasteiger partial charge in [0, 0.05) is 12.6 Å². The first kappa shape index (κ1) is 19.9. The van der Waals surface area contributed by atoms with Crippen LogP contribution in [0.2, 0.25) is 0 Å². The molecule has 0 saturated heterocycles. The Morgan fingerprint density at radius 2 is 2.03 bits per heavy atom. The summed E-state index contributed by atoms with van der Waals surface area (Å²) in [5.41, 5.74) is 4.44. The largest absolute Gasteiger partial charge is 0.454 e. The second-order valence-electron chi connectivity index (χ2n) is 6.15. The molecule has 1 aliphatic rings. The zero-order valence-electron chi connectivity index (χ0n) is 15.6. The lowest BCUT2D eigenvalue weighted by Gasteiger charge is -2.10. The van der Waals surface area contributed by atoms with E-state index < -0.39 is 35.2 Å². The molecule has 152 valence electrons. The Morgan fingerprint density at radius 3 is 2.79 bits per heavy atom. The normalized spacial score (nSPS) is 12.3. The number of ketones is 1. The number of nitrogens with one attached hydrogen (secondary N) is 1. The van der Waals surface area contributed by atoms with E-state index >= 15 is 0 Å². The molecule has 1 aromatic heterocycles. The van der Waals surface area contributed by atoms with Gasteiger partial charge in [-0.1, -0.05) is 13.0 Å². The van der Waals surface area contributed by atoms with Crippen LogP contribution in [0.1, 0.15) is 29.3 Å². The summed E-state index contributed by atoms with van der Waals surface area (Å²) >= 11 is 0. The number of anilines is 1. The lowest BCUT2D eigenvalue weighted by atomic mass is 10.2. The Morgan fingerprint density at radius 1 is 1.28 bits per heavy atom. The second kappa shape index (κ2) is 8.46. The first-order chi connectivity index (χ1) is 13.9. The fourth-order valence-corrected chi connectivity index (χ4v) is 2.74. The zero-order valence-corrected chi connectivity index (χ0v) is 15.6. The molecule has 0 saturated carbocycles. The molecule has 1 aromatic carbocycles. The highest BCUT2D eigenvalue weighted by Gasteiger charge is 2.20. The van der Waals surface area contributed by atoms with Crippen LogP contribution in [0.5, 0.6) is 11.5 Å². The third kappa shape index (κ3) is 4.37. The summed E-state index contributed by atoms with van der Waals surface area (Å²) in [6.07, 6.45) is 3.19. The minimum absolute atomic E-state index is 0.139. The molecule has 10 nitrogen and oxygen atoms in total. The van der Waals surface area contributed by atoms with Gasteiger partial charge in [-0.25, -0.2) is 9.59 Å². The van der Waals surface area contributed by atoms with Crippen molar-refractivity contribution in [1.29, 1.82) is 0 Å². The topological polar surface area (TPSA) is 143 Å². The number of nitrogens with zero attached hydrogens (tertiary/aromatic N) is 1. The fraction of sp³-hybridized carbons (Fsp3) is 0.263. The number of aromatic amines is 1. The van der Waals surface area contributed by atoms with Gasteiger partial charge < -0.3 is 19.9 Å². The van der Waals surface area contributed by atoms with Crippen molar-refractivity contribution < 1.29 is 23.8 Å². The molecule has 0 fully saturated rings. The average molecular weight is 401 g/mol. The molecule has 0 aliphatic carbocycles. The molecule has 0 spiro atoms. The monoisotopic (exact) mass is 401 g/mol. The number of nitrogens with two attached hydrogens (primary N) is 1. The molecule has 0 radical (unpaired) electrons. The van der Waals surface area contributed by atoms with E-state index in [4.69, 9.17) is 19.9 Å². The van der Waals surface area contributed by atoms with Crippen LogP contribution in [0.4, 0.5) is 5.82 Å². The fourth-order valence-electron chi connectivity index (χ4n) is 2.74. The van der Waals surface area contributed by atoms with Crippen LogP contribution in [-0.2, 0) is 16.1 Å². The number of Topliss-reactive ketones (excluding diaryl/α,β-unsaturated/α-hetero) is 1. The SMILES string of the molecule is CCCn1c(N)c(C(=O)COC(=O)/C=C/c2ccc3c(c2)OCO3)c(=O)[nH]c1=O. The summed E-state index contributed by atoms with van der Waals surface area (Å²) in [6.45, 7) is 1.49. The lowest BCUT2D eigenvalue weighted by molar-refractivity contribution is -0.136. The molecule has 3 N–H and O–H groups in total. The van der Waals surface area contributed by atoms with Crippen molar-refractivity contribution in [3.8, 4) is 11.5 Å². The van der Waals surface area contributed by atoms with E-state index in [9.17, 15) is 19.2 Å². The number of benzene rings is 1. The van der Waals surface area contributed by atoms with Gasteiger partial charge in [0.15, 0.2) is 18.1 Å². The predicted octanol–water partition coefficient (Wildman–Crippen LogP) is 0.697. The number of aromatic nitrogens is 2. The van der Waals surface area contributed by atoms with E-state index in [1.165, 1.54) is 6.08 Å². The number of nitrogen functional groups attached to an aromatic ring is 1. The summed E-state index contributed by atoms with van der Waals surface area (Å²) in [7, 11) is 0. The number of H-pyrrole nitrogens is 1. The van der Waals surface area contributed by atoms with Gasteiger partial charge in [-0.15, -0.1) is 0 Å². The summed E-state index contributed by atoms with van der Waals surface area (Å²) in [5.74, 6) is -0.668. The van der Waals surface area contributed by atoms with E-state index in [0.717, 1.165) is 10.6 Å². The summed E-state index contributed by atoms with van der Waals surface area (Å²) in [5, 5.41) is 0. The highest BCUT2D eigenvalue weighted by molar-refractivity contribution is 6.01. The lowest BCUT2D eigenvalue weighted by Crippen LogP contribution is -2.37. The minimum Gasteiger partial charge on any atom is -0.454 e. The van der Waals surface area contributed by atoms with Crippen molar-refractivity contribution in [1.82, 2.24) is 9.55 Å². The van der Waals surface area contributed by atoms with Crippen LogP contribution < -0.4 is 26.5 Å². The third-order valence-electron chi connectivity index (χ3n) is 4.12. The van der Waals surface area contributed by atoms with Gasteiger partial charge in [0.05, 0.1) is 0 Å². The zero-order chi connectivity index (χ0) is 21.0. The van der Waals surface area contributed by atoms with E-state index in [1.807, 2.05) is 11.9 Å². The molecule has 3 rings (SSSR count). The van der Waals surface area contributed by atoms with Gasteiger partial charge in [0.25, 0.3) is 5.56 Å². The summed E-state index contributed by atoms with van der Waals surface area (Å²) < 4.78 is 16.4. The standard InChI is InChI=1S/C19H19N3O7/c1-2-7-22-17(20)16(18(25)21-19(22)26)12(23)9-27-15(24)6-4-11-3-5-13-14(8-11)29-10-28-13/h3-6,8H,2,7,9-10,20H2,1H3,(H,21,25,26)/b6-4+. The maximum Gasteiger partial charge on any atom is 0.331 e. The van der Waals surface area contributed by atoms with Crippen molar-refractivity contribution in [3.05, 3.63) is 56.2 Å². The highest BCUT2D eigenvalue weighted by Crippen LogP contribution is 2.32. The van der Waals surface area contributed by atoms with Crippen LogP contribution in [0.25, 0.3) is 6.08 Å². The minimum atomic E-state index is -0.920. The van der Waals surface area contributed by atoms with Crippen molar-refractivity contribution >= 4 is 23.6 Å². The van der Waals surface area contributed by atoms with Crippen LogP contribution in [0, 0.1) is 0 Å². The Labute approximate surface area is 164 Å². The van der Waals surface area contributed by atoms with Crippen LogP contribution in [-0.4, -0.2) is 34.7 Å². The Kier molecular flexibility index (Phi) is 5.82. The average Bonchev–Trinajstić information content (AvgIpc) is 3.15. The Hall–Kier alpha value is -3.82. The van der Waals surface area contributed by atoms with Crippen molar-refractivity contribution in [2.24, 2.45) is 0 Å². The molecule has 2 aromatic rings. The van der Waals surface area contributed by atoms with E-state index in [-0.39, 0.29) is 19.2 Å². The molecule has 0 unspecified atom stereocenters. The number of esters is 1. The molecule has 0 amide bonds. The molecular weight excluding hydrogens is 382 g/mol. The van der Waals surface area contributed by atoms with E-state index in [1.54, 1.807) is 18.2 Å². The molecule has 0 atom stereocenters. The van der Waals surface area contributed by atoms with Crippen molar-refractivity contribution in [2.45, 2.75) is 19.9 Å². The van der Waals surface area contributed by atoms with E-state index in [2.05, 4.69) is 0 Å². The number of rotatable bonds is 7. The molecular formula is C19H19N3O7. The number of carbonyl (C=O) groups is 2. The molecule has 29 heavy (non-hydrogen) atoms. The molecule has 0 bridgehead atoms. The summed E-state index contributed by atoms with van der Waals surface area (Å²) in [6, 6.07) is 5.12. The van der Waals surface area contributed by atoms with Gasteiger partial charge in [-0.2, -0.15) is 0 Å². The first-order valence-corrected chi connectivity index (χ1v) is 8.81. The third-order valence-corrected chi connectivity index (χ3v) is 4.12. The molecule has 2 heterocycles. The number of fused-ring (bicyclic) bond motifs is 1. The van der Waals surface area contributed by atoms with Gasteiger partial charge in [-0.3, -0.25) is 19.1 Å². The number of ether oxygens (including phenoxy) is 3. The van der Waals surface area contributed by atoms with Gasteiger partial charge in [0.1, 0.15) is 11.4 Å². The Bertz CT molecular complexity index is 1100. The maximum absolute atomic E-state index is 12.3. The smallest absolute Gasteiger partial charge is 0.331 e. The quantitative estimate of drug-likeness (QED) is 0.392. The second-order valence-corrected chi connectivity index (χ2v) is 6.15.